The van der Waals surface area contributed by atoms with Gasteiger partial charge in [-0.2, -0.15) is 0 Å². The molecule has 0 bridgehead atoms. The summed E-state index contributed by atoms with van der Waals surface area (Å²) in [5, 5.41) is 2.83. The Morgan fingerprint density at radius 2 is 1.50 bits per heavy atom. The summed E-state index contributed by atoms with van der Waals surface area (Å²) in [5.41, 5.74) is 1.38. The molecule has 186 valence electrons. The Bertz CT molecular complexity index is 1280. The third-order valence-electron chi connectivity index (χ3n) is 6.13. The van der Waals surface area contributed by atoms with Crippen molar-refractivity contribution in [1.82, 2.24) is 14.4 Å². The van der Waals surface area contributed by atoms with Crippen LogP contribution in [0, 0.1) is 5.82 Å². The third kappa shape index (κ3) is 5.02. The molecule has 2 aliphatic rings. The molecular weight excluding hydrogens is 467 g/mol. The van der Waals surface area contributed by atoms with Crippen LogP contribution < -0.4 is 14.8 Å². The number of piperazine rings is 1. The van der Waals surface area contributed by atoms with E-state index >= 15 is 0 Å². The lowest BCUT2D eigenvalue weighted by atomic mass is 10.1. The minimum Gasteiger partial charge on any atom is -0.486 e. The molecule has 0 unspecified atom stereocenters. The molecule has 3 heterocycles. The van der Waals surface area contributed by atoms with Crippen LogP contribution in [0.3, 0.4) is 0 Å². The zero-order chi connectivity index (χ0) is 25.1. The predicted octanol–water partition coefficient (Wildman–Crippen LogP) is 2.64. The highest BCUT2D eigenvalue weighted by atomic mass is 19.1. The second-order valence-electron chi connectivity index (χ2n) is 8.52. The van der Waals surface area contributed by atoms with E-state index < -0.39 is 5.82 Å². The molecule has 10 heteroatoms. The van der Waals surface area contributed by atoms with Crippen LogP contribution in [0.4, 0.5) is 10.1 Å². The quantitative estimate of drug-likeness (QED) is 0.591. The van der Waals surface area contributed by atoms with Crippen molar-refractivity contribution in [2.24, 2.45) is 0 Å². The summed E-state index contributed by atoms with van der Waals surface area (Å²) in [6.45, 7) is 2.36. The van der Waals surface area contributed by atoms with E-state index in [1.54, 1.807) is 50.9 Å². The monoisotopic (exact) mass is 492 g/mol. The highest BCUT2D eigenvalue weighted by Gasteiger charge is 2.27. The van der Waals surface area contributed by atoms with Crippen LogP contribution >= 0.6 is 0 Å². The third-order valence-corrected chi connectivity index (χ3v) is 6.13. The number of anilines is 1. The van der Waals surface area contributed by atoms with Crippen molar-refractivity contribution < 1.29 is 28.2 Å². The van der Waals surface area contributed by atoms with E-state index in [1.807, 2.05) is 0 Å². The molecule has 3 aromatic rings. The molecule has 0 atom stereocenters. The number of benzene rings is 2. The van der Waals surface area contributed by atoms with Crippen molar-refractivity contribution in [2.75, 3.05) is 44.7 Å². The first-order chi connectivity index (χ1) is 17.5. The number of ether oxygens (including phenoxy) is 2. The van der Waals surface area contributed by atoms with Gasteiger partial charge < -0.3 is 29.2 Å². The zero-order valence-electron chi connectivity index (χ0n) is 19.5. The van der Waals surface area contributed by atoms with Gasteiger partial charge in [-0.1, -0.05) is 0 Å². The zero-order valence-corrected chi connectivity index (χ0v) is 19.5. The summed E-state index contributed by atoms with van der Waals surface area (Å²) in [6, 6.07) is 14.0. The first-order valence-electron chi connectivity index (χ1n) is 11.7. The minimum atomic E-state index is -0.398. The lowest BCUT2D eigenvalue weighted by Gasteiger charge is -2.35. The van der Waals surface area contributed by atoms with Crippen LogP contribution in [0.25, 0.3) is 0 Å². The van der Waals surface area contributed by atoms with Crippen molar-refractivity contribution in [2.45, 2.75) is 6.54 Å². The Morgan fingerprint density at radius 3 is 2.22 bits per heavy atom. The Kier molecular flexibility index (Phi) is 6.57. The molecule has 36 heavy (non-hydrogen) atoms. The van der Waals surface area contributed by atoms with Crippen molar-refractivity contribution in [1.29, 1.82) is 0 Å². The highest BCUT2D eigenvalue weighted by molar-refractivity contribution is 5.96. The van der Waals surface area contributed by atoms with Gasteiger partial charge in [0.15, 0.2) is 11.5 Å². The van der Waals surface area contributed by atoms with Gasteiger partial charge in [-0.25, -0.2) is 4.39 Å². The van der Waals surface area contributed by atoms with Crippen LogP contribution in [-0.2, 0) is 11.3 Å². The number of fused-ring (bicyclic) bond motifs is 1. The SMILES string of the molecule is O=C(Cn1cccc1C(=O)N1CCN(C(=O)c2ccc(F)cc2)CC1)Nc1ccc2c(c1)OCCO2. The average molecular weight is 493 g/mol. The number of rotatable bonds is 5. The van der Waals surface area contributed by atoms with Crippen LogP contribution in [0.5, 0.6) is 11.5 Å². The summed E-state index contributed by atoms with van der Waals surface area (Å²) in [7, 11) is 0. The second kappa shape index (κ2) is 10.1. The first kappa shape index (κ1) is 23.4. The van der Waals surface area contributed by atoms with Crippen LogP contribution in [0.15, 0.2) is 60.8 Å². The molecule has 1 fully saturated rings. The number of carbonyl (C=O) groups excluding carboxylic acids is 3. The van der Waals surface area contributed by atoms with Gasteiger partial charge in [-0.05, 0) is 48.5 Å². The number of aromatic nitrogens is 1. The van der Waals surface area contributed by atoms with Crippen LogP contribution in [-0.4, -0.2) is 71.5 Å². The number of hydrogen-bond donors (Lipinski definition) is 1. The summed E-state index contributed by atoms with van der Waals surface area (Å²) in [4.78, 5) is 41.8. The standard InChI is InChI=1S/C26H25FN4O5/c27-19-5-3-18(4-6-19)25(33)29-10-12-30(13-11-29)26(34)21-2-1-9-31(21)17-24(32)28-20-7-8-22-23(16-20)36-15-14-35-22/h1-9,16H,10-15,17H2,(H,28,32). The minimum absolute atomic E-state index is 0.0362. The Hall–Kier alpha value is -4.34. The Balaban J connectivity index is 1.17. The van der Waals surface area contributed by atoms with Gasteiger partial charge >= 0.3 is 0 Å². The molecule has 1 N–H and O–H groups in total. The molecule has 5 rings (SSSR count). The summed E-state index contributed by atoms with van der Waals surface area (Å²) >= 11 is 0. The molecule has 0 spiro atoms. The normalized spacial score (nSPS) is 14.9. The van der Waals surface area contributed by atoms with E-state index in [-0.39, 0.29) is 24.3 Å². The maximum atomic E-state index is 13.2. The van der Waals surface area contributed by atoms with E-state index in [4.69, 9.17) is 9.47 Å². The summed E-state index contributed by atoms with van der Waals surface area (Å²) in [5.74, 6) is 0.129. The van der Waals surface area contributed by atoms with Crippen LogP contribution in [0.2, 0.25) is 0 Å². The van der Waals surface area contributed by atoms with Gasteiger partial charge in [0.2, 0.25) is 5.91 Å². The first-order valence-corrected chi connectivity index (χ1v) is 11.7. The van der Waals surface area contributed by atoms with E-state index in [2.05, 4.69) is 5.32 Å². The van der Waals surface area contributed by atoms with E-state index in [0.717, 1.165) is 0 Å². The van der Waals surface area contributed by atoms with E-state index in [0.29, 0.717) is 67.8 Å². The Labute approximate surface area is 207 Å². The van der Waals surface area contributed by atoms with E-state index in [9.17, 15) is 18.8 Å². The average Bonchev–Trinajstić information content (AvgIpc) is 3.36. The fraction of sp³-hybridized carbons (Fsp3) is 0.269. The second-order valence-corrected chi connectivity index (χ2v) is 8.52. The lowest BCUT2D eigenvalue weighted by Crippen LogP contribution is -2.51. The fourth-order valence-electron chi connectivity index (χ4n) is 4.27. The molecule has 2 aliphatic heterocycles. The summed E-state index contributed by atoms with van der Waals surface area (Å²) < 4.78 is 25.8. The van der Waals surface area contributed by atoms with Gasteiger partial charge in [0, 0.05) is 49.7 Å². The molecule has 1 aromatic heterocycles. The molecular formula is C26H25FN4O5. The molecule has 2 aromatic carbocycles. The topological polar surface area (TPSA) is 93.1 Å². The van der Waals surface area contributed by atoms with Gasteiger partial charge in [0.05, 0.1) is 0 Å². The number of nitrogens with zero attached hydrogens (tertiary/aromatic N) is 3. The smallest absolute Gasteiger partial charge is 0.270 e. The molecule has 0 radical (unpaired) electrons. The van der Waals surface area contributed by atoms with Crippen LogP contribution in [0.1, 0.15) is 20.8 Å². The number of nitrogens with one attached hydrogen (secondary N) is 1. The lowest BCUT2D eigenvalue weighted by molar-refractivity contribution is -0.116. The number of carbonyl (C=O) groups is 3. The largest absolute Gasteiger partial charge is 0.486 e. The van der Waals surface area contributed by atoms with Crippen molar-refractivity contribution in [3.63, 3.8) is 0 Å². The Morgan fingerprint density at radius 1 is 0.833 bits per heavy atom. The summed E-state index contributed by atoms with van der Waals surface area (Å²) in [6.07, 6.45) is 1.69. The number of halogens is 1. The predicted molar refractivity (Wildman–Crippen MR) is 129 cm³/mol. The molecule has 1 saturated heterocycles. The van der Waals surface area contributed by atoms with Gasteiger partial charge in [0.25, 0.3) is 11.8 Å². The maximum absolute atomic E-state index is 13.2. The number of hydrogen-bond acceptors (Lipinski definition) is 5. The van der Waals surface area contributed by atoms with Gasteiger partial charge in [-0.15, -0.1) is 0 Å². The molecule has 0 saturated carbocycles. The van der Waals surface area contributed by atoms with Crippen molar-refractivity contribution in [3.05, 3.63) is 77.9 Å². The number of amides is 3. The highest BCUT2D eigenvalue weighted by Crippen LogP contribution is 2.32. The molecule has 0 aliphatic carbocycles. The molecule has 9 nitrogen and oxygen atoms in total. The van der Waals surface area contributed by atoms with Crippen molar-refractivity contribution >= 4 is 23.4 Å². The van der Waals surface area contributed by atoms with Crippen molar-refractivity contribution in [3.8, 4) is 11.5 Å². The van der Waals surface area contributed by atoms with E-state index in [1.165, 1.54) is 24.3 Å². The fourth-order valence-corrected chi connectivity index (χ4v) is 4.27. The van der Waals surface area contributed by atoms with Gasteiger partial charge in [0.1, 0.15) is 31.3 Å². The molecule has 3 amide bonds. The van der Waals surface area contributed by atoms with Gasteiger partial charge in [-0.3, -0.25) is 14.4 Å². The maximum Gasteiger partial charge on any atom is 0.270 e.